The van der Waals surface area contributed by atoms with Crippen LogP contribution in [0.3, 0.4) is 0 Å². The molecule has 0 aliphatic carbocycles. The molecule has 1 aliphatic rings. The number of carbonyl (C=O) groups is 1. The highest BCUT2D eigenvalue weighted by Gasteiger charge is 2.21. The summed E-state index contributed by atoms with van der Waals surface area (Å²) >= 11 is 0. The Balaban J connectivity index is 2.54. The standard InChI is InChI=1S/C6H11N3O2/c1-2-4-3-11-6(8-4)5(10)9-7/h4H,2-3,7H2,1H3,(H,9,10). The summed E-state index contributed by atoms with van der Waals surface area (Å²) in [7, 11) is 0. The Hall–Kier alpha value is -1.10. The van der Waals surface area contributed by atoms with E-state index in [1.807, 2.05) is 12.3 Å². The van der Waals surface area contributed by atoms with Gasteiger partial charge < -0.3 is 4.74 Å². The van der Waals surface area contributed by atoms with Crippen LogP contribution in [0.1, 0.15) is 13.3 Å². The maximum Gasteiger partial charge on any atom is 0.320 e. The Kier molecular flexibility index (Phi) is 2.43. The lowest BCUT2D eigenvalue weighted by Gasteiger charge is -1.97. The number of nitrogens with one attached hydrogen (secondary N) is 1. The molecule has 1 atom stereocenters. The largest absolute Gasteiger partial charge is 0.472 e. The second-order valence-electron chi connectivity index (χ2n) is 2.28. The van der Waals surface area contributed by atoms with E-state index in [0.717, 1.165) is 6.42 Å². The van der Waals surface area contributed by atoms with Crippen molar-refractivity contribution in [3.05, 3.63) is 0 Å². The van der Waals surface area contributed by atoms with E-state index in [0.29, 0.717) is 6.61 Å². The normalized spacial score (nSPS) is 22.4. The second kappa shape index (κ2) is 3.34. The van der Waals surface area contributed by atoms with Gasteiger partial charge in [-0.3, -0.25) is 10.2 Å². The van der Waals surface area contributed by atoms with Crippen LogP contribution >= 0.6 is 0 Å². The summed E-state index contributed by atoms with van der Waals surface area (Å²) in [6, 6.07) is 0.113. The Morgan fingerprint density at radius 3 is 3.18 bits per heavy atom. The molecule has 0 bridgehead atoms. The molecule has 0 radical (unpaired) electrons. The van der Waals surface area contributed by atoms with Crippen molar-refractivity contribution in [2.24, 2.45) is 10.8 Å². The third-order valence-electron chi connectivity index (χ3n) is 1.51. The van der Waals surface area contributed by atoms with E-state index in [9.17, 15) is 4.79 Å². The van der Waals surface area contributed by atoms with Crippen LogP contribution in [-0.4, -0.2) is 24.5 Å². The van der Waals surface area contributed by atoms with E-state index in [1.165, 1.54) is 0 Å². The van der Waals surface area contributed by atoms with Gasteiger partial charge in [0, 0.05) is 0 Å². The molecule has 1 aliphatic heterocycles. The van der Waals surface area contributed by atoms with Crippen LogP contribution < -0.4 is 11.3 Å². The van der Waals surface area contributed by atoms with E-state index in [1.54, 1.807) is 0 Å². The first-order valence-electron chi connectivity index (χ1n) is 3.49. The van der Waals surface area contributed by atoms with Crippen LogP contribution in [0.2, 0.25) is 0 Å². The number of nitrogens with two attached hydrogens (primary N) is 1. The van der Waals surface area contributed by atoms with Crippen LogP contribution in [0.25, 0.3) is 0 Å². The number of hydrogen-bond donors (Lipinski definition) is 2. The Morgan fingerprint density at radius 2 is 2.73 bits per heavy atom. The van der Waals surface area contributed by atoms with Gasteiger partial charge in [-0.2, -0.15) is 0 Å². The summed E-state index contributed by atoms with van der Waals surface area (Å²) in [5, 5.41) is 0. The van der Waals surface area contributed by atoms with Crippen molar-refractivity contribution in [3.8, 4) is 0 Å². The first kappa shape index (κ1) is 8.00. The molecule has 1 rings (SSSR count). The van der Waals surface area contributed by atoms with Crippen LogP contribution in [0, 0.1) is 0 Å². The molecule has 5 heteroatoms. The second-order valence-corrected chi connectivity index (χ2v) is 2.28. The Morgan fingerprint density at radius 1 is 2.00 bits per heavy atom. The Labute approximate surface area is 64.6 Å². The van der Waals surface area contributed by atoms with Gasteiger partial charge in [0.2, 0.25) is 0 Å². The molecule has 1 amide bonds. The van der Waals surface area contributed by atoms with Crippen LogP contribution in [-0.2, 0) is 9.53 Å². The van der Waals surface area contributed by atoms with Gasteiger partial charge in [-0.1, -0.05) is 6.92 Å². The van der Waals surface area contributed by atoms with E-state index in [4.69, 9.17) is 10.6 Å². The van der Waals surface area contributed by atoms with E-state index in [2.05, 4.69) is 4.99 Å². The minimum Gasteiger partial charge on any atom is -0.472 e. The molecule has 62 valence electrons. The molecule has 11 heavy (non-hydrogen) atoms. The zero-order chi connectivity index (χ0) is 8.27. The van der Waals surface area contributed by atoms with Crippen molar-refractivity contribution < 1.29 is 9.53 Å². The van der Waals surface area contributed by atoms with Crippen LogP contribution in [0.4, 0.5) is 0 Å². The smallest absolute Gasteiger partial charge is 0.320 e. The molecule has 1 heterocycles. The van der Waals surface area contributed by atoms with E-state index >= 15 is 0 Å². The number of nitrogens with zero attached hydrogens (tertiary/aromatic N) is 1. The van der Waals surface area contributed by atoms with Gasteiger partial charge in [0.25, 0.3) is 5.90 Å². The molecule has 0 saturated carbocycles. The summed E-state index contributed by atoms with van der Waals surface area (Å²) in [5.41, 5.74) is 1.96. The maximum atomic E-state index is 10.8. The number of carbonyl (C=O) groups excluding carboxylic acids is 1. The fourth-order valence-corrected chi connectivity index (χ4v) is 0.811. The van der Waals surface area contributed by atoms with Gasteiger partial charge in [0.1, 0.15) is 6.61 Å². The summed E-state index contributed by atoms with van der Waals surface area (Å²) in [5.74, 6) is 4.52. The predicted octanol–water partition coefficient (Wildman–Crippen LogP) is -0.816. The highest BCUT2D eigenvalue weighted by molar-refractivity contribution is 6.35. The summed E-state index contributed by atoms with van der Waals surface area (Å²) < 4.78 is 4.97. The molecular formula is C6H11N3O2. The van der Waals surface area contributed by atoms with Gasteiger partial charge in [-0.25, -0.2) is 10.8 Å². The quantitative estimate of drug-likeness (QED) is 0.312. The lowest BCUT2D eigenvalue weighted by Crippen LogP contribution is -2.36. The first-order chi connectivity index (χ1) is 5.27. The van der Waals surface area contributed by atoms with Gasteiger partial charge in [0.15, 0.2) is 0 Å². The summed E-state index contributed by atoms with van der Waals surface area (Å²) in [6.07, 6.45) is 0.876. The molecule has 0 saturated heterocycles. The summed E-state index contributed by atoms with van der Waals surface area (Å²) in [6.45, 7) is 2.47. The van der Waals surface area contributed by atoms with Crippen LogP contribution in [0.5, 0.6) is 0 Å². The topological polar surface area (TPSA) is 76.7 Å². The van der Waals surface area contributed by atoms with Crippen molar-refractivity contribution in [2.45, 2.75) is 19.4 Å². The molecule has 0 aromatic carbocycles. The summed E-state index contributed by atoms with van der Waals surface area (Å²) in [4.78, 5) is 14.8. The van der Waals surface area contributed by atoms with Crippen molar-refractivity contribution in [1.29, 1.82) is 0 Å². The average Bonchev–Trinajstić information content (AvgIpc) is 2.50. The SMILES string of the molecule is CCC1COC(C(=O)NN)=N1. The minimum absolute atomic E-state index is 0.0966. The molecule has 3 N–H and O–H groups in total. The Bertz CT molecular complexity index is 190. The van der Waals surface area contributed by atoms with Gasteiger partial charge in [-0.15, -0.1) is 0 Å². The molecular weight excluding hydrogens is 146 g/mol. The van der Waals surface area contributed by atoms with E-state index < -0.39 is 5.91 Å². The molecule has 0 spiro atoms. The molecule has 1 unspecified atom stereocenters. The first-order valence-corrected chi connectivity index (χ1v) is 3.49. The molecule has 0 fully saturated rings. The van der Waals surface area contributed by atoms with Gasteiger partial charge >= 0.3 is 5.91 Å². The third-order valence-corrected chi connectivity index (χ3v) is 1.51. The van der Waals surface area contributed by atoms with Crippen molar-refractivity contribution >= 4 is 11.8 Å². The zero-order valence-electron chi connectivity index (χ0n) is 6.33. The molecule has 0 aromatic rings. The predicted molar refractivity (Wildman–Crippen MR) is 39.8 cm³/mol. The fraction of sp³-hybridized carbons (Fsp3) is 0.667. The lowest BCUT2D eigenvalue weighted by atomic mass is 10.3. The highest BCUT2D eigenvalue weighted by atomic mass is 16.5. The number of hydrogen-bond acceptors (Lipinski definition) is 4. The molecule has 5 nitrogen and oxygen atoms in total. The lowest BCUT2D eigenvalue weighted by molar-refractivity contribution is -0.116. The van der Waals surface area contributed by atoms with Crippen LogP contribution in [0.15, 0.2) is 4.99 Å². The zero-order valence-corrected chi connectivity index (χ0v) is 6.33. The third kappa shape index (κ3) is 1.68. The average molecular weight is 157 g/mol. The minimum atomic E-state index is -0.457. The molecule has 0 aromatic heterocycles. The monoisotopic (exact) mass is 157 g/mol. The van der Waals surface area contributed by atoms with Gasteiger partial charge in [0.05, 0.1) is 6.04 Å². The van der Waals surface area contributed by atoms with Crippen molar-refractivity contribution in [1.82, 2.24) is 5.43 Å². The number of ether oxygens (including phenoxy) is 1. The highest BCUT2D eigenvalue weighted by Crippen LogP contribution is 2.07. The van der Waals surface area contributed by atoms with E-state index in [-0.39, 0.29) is 11.9 Å². The number of rotatable bonds is 2. The number of hydrazine groups is 1. The maximum absolute atomic E-state index is 10.8. The van der Waals surface area contributed by atoms with Gasteiger partial charge in [-0.05, 0) is 6.42 Å². The van der Waals surface area contributed by atoms with Crippen molar-refractivity contribution in [2.75, 3.05) is 6.61 Å². The fourth-order valence-electron chi connectivity index (χ4n) is 0.811. The number of amides is 1. The van der Waals surface area contributed by atoms with Crippen molar-refractivity contribution in [3.63, 3.8) is 0 Å². The number of aliphatic imine (C=N–C) groups is 1.